The highest BCUT2D eigenvalue weighted by Crippen LogP contribution is 2.58. The normalized spacial score (nSPS) is 26.8. The molecule has 4 bridgehead atoms. The number of nitrogens with zero attached hydrogens (tertiary/aromatic N) is 4. The number of anilines is 1. The molecule has 1 aromatic carbocycles. The first kappa shape index (κ1) is 20.6. The summed E-state index contributed by atoms with van der Waals surface area (Å²) in [5, 5.41) is 3.76. The molecule has 2 heterocycles. The Hall–Kier alpha value is -2.01. The maximum absolute atomic E-state index is 5.06. The summed E-state index contributed by atoms with van der Waals surface area (Å²) < 4.78 is 0. The largest absolute Gasteiger partial charge is 0.351 e. The van der Waals surface area contributed by atoms with Gasteiger partial charge in [0.15, 0.2) is 5.82 Å². The Morgan fingerprint density at radius 3 is 2.44 bits per heavy atom. The van der Waals surface area contributed by atoms with E-state index >= 15 is 0 Å². The monoisotopic (exact) mass is 431 g/mol. The number of rotatable bonds is 5. The summed E-state index contributed by atoms with van der Waals surface area (Å²) in [6.45, 7) is 6.83. The summed E-state index contributed by atoms with van der Waals surface area (Å²) in [6, 6.07) is 10.2. The summed E-state index contributed by atoms with van der Waals surface area (Å²) in [5.41, 5.74) is 3.25. The molecule has 2 aromatic rings. The van der Waals surface area contributed by atoms with Crippen molar-refractivity contribution in [1.82, 2.24) is 19.9 Å². The van der Waals surface area contributed by atoms with E-state index in [1.54, 1.807) is 0 Å². The third-order valence-electron chi connectivity index (χ3n) is 8.94. The second kappa shape index (κ2) is 7.79. The fourth-order valence-corrected chi connectivity index (χ4v) is 6.39. The van der Waals surface area contributed by atoms with E-state index in [2.05, 4.69) is 48.3 Å². The van der Waals surface area contributed by atoms with Crippen molar-refractivity contribution in [3.8, 4) is 11.4 Å². The van der Waals surface area contributed by atoms with Crippen LogP contribution in [0, 0.1) is 0 Å². The van der Waals surface area contributed by atoms with Crippen LogP contribution in [0.1, 0.15) is 89.4 Å². The van der Waals surface area contributed by atoms with E-state index in [-0.39, 0.29) is 5.41 Å². The van der Waals surface area contributed by atoms with Crippen molar-refractivity contribution in [3.63, 3.8) is 0 Å². The van der Waals surface area contributed by atoms with Crippen LogP contribution in [0.5, 0.6) is 0 Å². The summed E-state index contributed by atoms with van der Waals surface area (Å²) in [4.78, 5) is 17.7. The predicted octanol–water partition coefficient (Wildman–Crippen LogP) is 5.46. The molecule has 5 nitrogen and oxygen atoms in total. The zero-order chi connectivity index (χ0) is 21.8. The van der Waals surface area contributed by atoms with Crippen LogP contribution in [0.25, 0.3) is 11.4 Å². The summed E-state index contributed by atoms with van der Waals surface area (Å²) >= 11 is 0. The first-order chi connectivity index (χ1) is 15.6. The van der Waals surface area contributed by atoms with Crippen LogP contribution in [-0.2, 0) is 10.8 Å². The Balaban J connectivity index is 1.32. The summed E-state index contributed by atoms with van der Waals surface area (Å²) in [6.07, 6.45) is 12.6. The molecule has 2 unspecified atom stereocenters. The van der Waals surface area contributed by atoms with Gasteiger partial charge in [-0.05, 0) is 94.3 Å². The van der Waals surface area contributed by atoms with Crippen LogP contribution in [-0.4, -0.2) is 45.0 Å². The molecule has 3 fully saturated rings. The van der Waals surface area contributed by atoms with Gasteiger partial charge in [-0.25, -0.2) is 4.98 Å². The van der Waals surface area contributed by atoms with Crippen LogP contribution < -0.4 is 5.32 Å². The van der Waals surface area contributed by atoms with Gasteiger partial charge in [0.1, 0.15) is 5.82 Å². The lowest BCUT2D eigenvalue weighted by atomic mass is 9.84. The zero-order valence-electron chi connectivity index (χ0n) is 19.7. The fourth-order valence-electron chi connectivity index (χ4n) is 6.39. The molecule has 1 aliphatic heterocycles. The quantitative estimate of drug-likeness (QED) is 0.681. The van der Waals surface area contributed by atoms with Crippen molar-refractivity contribution in [1.29, 1.82) is 0 Å². The molecule has 3 saturated carbocycles. The van der Waals surface area contributed by atoms with Gasteiger partial charge in [-0.15, -0.1) is 0 Å². The molecule has 6 rings (SSSR count). The molecule has 5 heteroatoms. The molecular weight excluding hydrogens is 394 g/mol. The van der Waals surface area contributed by atoms with Crippen LogP contribution in [0.4, 0.5) is 5.95 Å². The van der Waals surface area contributed by atoms with Crippen molar-refractivity contribution in [2.24, 2.45) is 0 Å². The number of hydrogen-bond donors (Lipinski definition) is 1. The van der Waals surface area contributed by atoms with Gasteiger partial charge in [0, 0.05) is 23.1 Å². The molecule has 0 saturated heterocycles. The number of nitrogens with one attached hydrogen (secondary N) is 1. The van der Waals surface area contributed by atoms with Gasteiger partial charge in [-0.1, -0.05) is 32.0 Å². The molecule has 1 N–H and O–H groups in total. The van der Waals surface area contributed by atoms with Gasteiger partial charge >= 0.3 is 0 Å². The van der Waals surface area contributed by atoms with E-state index in [9.17, 15) is 0 Å². The van der Waals surface area contributed by atoms with Crippen LogP contribution >= 0.6 is 0 Å². The minimum atomic E-state index is 0.191. The van der Waals surface area contributed by atoms with Gasteiger partial charge < -0.3 is 10.2 Å². The highest BCUT2D eigenvalue weighted by Gasteiger charge is 2.52. The third-order valence-corrected chi connectivity index (χ3v) is 8.94. The average Bonchev–Trinajstić information content (AvgIpc) is 3.74. The number of fused-ring (bicyclic) bond motifs is 7. The number of hydrogen-bond acceptors (Lipinski definition) is 5. The molecule has 170 valence electrons. The lowest BCUT2D eigenvalue weighted by Crippen LogP contribution is -2.42. The molecule has 2 atom stereocenters. The highest BCUT2D eigenvalue weighted by atomic mass is 15.2. The molecular formula is C27H37N5. The minimum absolute atomic E-state index is 0.191. The summed E-state index contributed by atoms with van der Waals surface area (Å²) in [7, 11) is 0. The van der Waals surface area contributed by atoms with Gasteiger partial charge in [0.2, 0.25) is 5.95 Å². The first-order valence-electron chi connectivity index (χ1n) is 13.0. The van der Waals surface area contributed by atoms with Crippen LogP contribution in [0.15, 0.2) is 24.3 Å². The zero-order valence-corrected chi connectivity index (χ0v) is 19.7. The van der Waals surface area contributed by atoms with Crippen LogP contribution in [0.3, 0.4) is 0 Å². The lowest BCUT2D eigenvalue weighted by molar-refractivity contribution is 0.165. The standard InChI is InChI=1S/C27H37N5/c1-3-32(4-2)22-10-6-9-21(18-22)28-25-30-23-19-7-5-8-20(17-19)26(11-12-26)13-14-27(15-16-27)24(29-23)31-25/h5,7-8,17,21-22H,3-4,6,9-16,18H2,1-2H3,(H,28,29,30,31). The first-order valence-corrected chi connectivity index (χ1v) is 13.0. The molecule has 1 aromatic heterocycles. The Bertz CT molecular complexity index is 989. The molecule has 4 aliphatic rings. The summed E-state index contributed by atoms with van der Waals surface area (Å²) in [5.74, 6) is 2.71. The van der Waals surface area contributed by atoms with Crippen molar-refractivity contribution >= 4 is 5.95 Å². The van der Waals surface area contributed by atoms with E-state index < -0.39 is 0 Å². The van der Waals surface area contributed by atoms with Crippen molar-refractivity contribution in [3.05, 3.63) is 35.7 Å². The minimum Gasteiger partial charge on any atom is -0.351 e. The molecule has 3 aliphatic carbocycles. The smallest absolute Gasteiger partial charge is 0.226 e. The van der Waals surface area contributed by atoms with Crippen molar-refractivity contribution in [2.45, 2.75) is 101 Å². The topological polar surface area (TPSA) is 53.9 Å². The third kappa shape index (κ3) is 3.63. The maximum atomic E-state index is 5.06. The molecule has 2 spiro atoms. The van der Waals surface area contributed by atoms with E-state index in [1.807, 2.05) is 0 Å². The van der Waals surface area contributed by atoms with Crippen molar-refractivity contribution in [2.75, 3.05) is 18.4 Å². The average molecular weight is 432 g/mol. The van der Waals surface area contributed by atoms with Gasteiger partial charge in [-0.2, -0.15) is 9.97 Å². The Morgan fingerprint density at radius 2 is 1.69 bits per heavy atom. The van der Waals surface area contributed by atoms with Crippen LogP contribution in [0.2, 0.25) is 0 Å². The maximum Gasteiger partial charge on any atom is 0.226 e. The van der Waals surface area contributed by atoms with Gasteiger partial charge in [-0.3, -0.25) is 0 Å². The van der Waals surface area contributed by atoms with E-state index in [0.29, 0.717) is 17.5 Å². The highest BCUT2D eigenvalue weighted by molar-refractivity contribution is 5.59. The Kier molecular flexibility index (Phi) is 5.01. The number of benzene rings is 1. The number of aromatic nitrogens is 3. The predicted molar refractivity (Wildman–Crippen MR) is 129 cm³/mol. The fraction of sp³-hybridized carbons (Fsp3) is 0.667. The second-order valence-electron chi connectivity index (χ2n) is 10.8. The van der Waals surface area contributed by atoms with Gasteiger partial charge in [0.25, 0.3) is 0 Å². The second-order valence-corrected chi connectivity index (χ2v) is 10.8. The van der Waals surface area contributed by atoms with Crippen molar-refractivity contribution < 1.29 is 0 Å². The molecule has 0 amide bonds. The van der Waals surface area contributed by atoms with E-state index in [1.165, 1.54) is 69.8 Å². The Labute approximate surface area is 192 Å². The molecule has 0 radical (unpaired) electrons. The van der Waals surface area contributed by atoms with E-state index in [0.717, 1.165) is 36.3 Å². The lowest BCUT2D eigenvalue weighted by Gasteiger charge is -2.36. The SMILES string of the molecule is CCN(CC)C1CCCC(Nc2nc3nc(n2)C2(CCC4(CC4)c4cccc-3c4)CC2)C1. The van der Waals surface area contributed by atoms with Gasteiger partial charge in [0.05, 0.1) is 0 Å². The van der Waals surface area contributed by atoms with E-state index in [4.69, 9.17) is 15.0 Å². The Morgan fingerprint density at radius 1 is 0.938 bits per heavy atom. The molecule has 32 heavy (non-hydrogen) atoms.